The van der Waals surface area contributed by atoms with Crippen LogP contribution in [0.2, 0.25) is 10.0 Å². The van der Waals surface area contributed by atoms with Gasteiger partial charge in [0.05, 0.1) is 38.0 Å². The third kappa shape index (κ3) is 10.3. The van der Waals surface area contributed by atoms with Crippen molar-refractivity contribution in [1.82, 2.24) is 4.98 Å². The second kappa shape index (κ2) is 22.1. The van der Waals surface area contributed by atoms with Crippen molar-refractivity contribution in [2.75, 3.05) is 0 Å². The molecule has 0 fully saturated rings. The number of carbonyl (C=O) groups is 1. The summed E-state index contributed by atoms with van der Waals surface area (Å²) in [6, 6.07) is 29.5. The second-order valence-corrected chi connectivity index (χ2v) is 20.3. The lowest BCUT2D eigenvalue weighted by molar-refractivity contribution is -0.384. The molecule has 2 aliphatic carbocycles. The number of aromatic nitrogens is 1. The highest BCUT2D eigenvalue weighted by Crippen LogP contribution is 2.51. The van der Waals surface area contributed by atoms with E-state index >= 15 is 0 Å². The molecule has 12 rings (SSSR count). The van der Waals surface area contributed by atoms with Gasteiger partial charge >= 0.3 is 32.3 Å². The molecule has 8 aromatic carbocycles. The van der Waals surface area contributed by atoms with Crippen molar-refractivity contribution in [3.05, 3.63) is 198 Å². The van der Waals surface area contributed by atoms with Gasteiger partial charge in [0.25, 0.3) is 0 Å². The van der Waals surface area contributed by atoms with Crippen LogP contribution < -0.4 is 9.73 Å². The monoisotopic (exact) mass is 1140 g/mol. The first-order valence-corrected chi connectivity index (χ1v) is 26.6. The molecule has 18 heteroatoms. The van der Waals surface area contributed by atoms with E-state index in [0.29, 0.717) is 17.7 Å². The fourth-order valence-electron chi connectivity index (χ4n) is 11.8. The number of aromatic amines is 1. The molecule has 0 spiro atoms. The second-order valence-electron chi connectivity index (χ2n) is 19.5. The Morgan fingerprint density at radius 2 is 1.10 bits per heavy atom. The molecule has 1 aliphatic heterocycles. The summed E-state index contributed by atoms with van der Waals surface area (Å²) < 4.78 is 156. The quantitative estimate of drug-likeness (QED) is 0.0417. The van der Waals surface area contributed by atoms with Crippen LogP contribution in [0.1, 0.15) is 102 Å². The first kappa shape index (κ1) is 56.1. The van der Waals surface area contributed by atoms with Crippen LogP contribution in [0.3, 0.4) is 0 Å². The molecule has 0 unspecified atom stereocenters. The molecule has 9 aromatic rings. The summed E-state index contributed by atoms with van der Waals surface area (Å²) >= 11 is 14.4. The smallest absolute Gasteiger partial charge is 0.426 e. The molecule has 4 nitrogen and oxygen atoms in total. The van der Waals surface area contributed by atoms with Crippen molar-refractivity contribution in [2.45, 2.75) is 90.2 Å². The summed E-state index contributed by atoms with van der Waals surface area (Å²) in [7, 11) is -1.00. The van der Waals surface area contributed by atoms with Gasteiger partial charge in [-0.3, -0.25) is 13.4 Å². The maximum atomic E-state index is 14.9. The van der Waals surface area contributed by atoms with E-state index in [1.165, 1.54) is 35.4 Å². The number of fused-ring (bicyclic) bond motifs is 8. The number of benzene rings is 8. The van der Waals surface area contributed by atoms with Crippen molar-refractivity contribution < 1.29 is 62.7 Å². The third-order valence-electron chi connectivity index (χ3n) is 14.9. The first-order valence-electron chi connectivity index (χ1n) is 25.9. The van der Waals surface area contributed by atoms with Crippen molar-refractivity contribution in [2.24, 2.45) is 0 Å². The Morgan fingerprint density at radius 1 is 0.613 bits per heavy atom. The lowest BCUT2D eigenvalue weighted by atomic mass is 9.83. The summed E-state index contributed by atoms with van der Waals surface area (Å²) in [6.45, 7) is 4.00. The first-order chi connectivity index (χ1) is 38.2. The van der Waals surface area contributed by atoms with Gasteiger partial charge in [-0.2, -0.15) is 39.5 Å². The number of allylic oxidation sites excluding steroid dienone is 2. The van der Waals surface area contributed by atoms with Crippen LogP contribution in [-0.2, 0) is 49.0 Å². The van der Waals surface area contributed by atoms with Crippen LogP contribution in [0.25, 0.3) is 59.9 Å². The van der Waals surface area contributed by atoms with E-state index in [2.05, 4.69) is 46.4 Å². The summed E-state index contributed by atoms with van der Waals surface area (Å²) in [5, 5.41) is -1.34. The lowest BCUT2D eigenvalue weighted by Gasteiger charge is -2.23. The molecule has 2 heterocycles. The van der Waals surface area contributed by atoms with Crippen molar-refractivity contribution >= 4 is 91.4 Å². The Bertz CT molecular complexity index is 3910. The Kier molecular flexibility index (Phi) is 15.5. The molecular weight excluding hydrogens is 1100 g/mol. The molecule has 1 radical (unpaired) electrons. The van der Waals surface area contributed by atoms with Gasteiger partial charge in [-0.25, -0.2) is 4.99 Å². The molecule has 0 bridgehead atoms. The maximum absolute atomic E-state index is 14.9. The Balaban J connectivity index is 0.00000139. The van der Waals surface area contributed by atoms with Crippen LogP contribution in [0.4, 0.5) is 48.1 Å². The largest absolute Gasteiger partial charge is 0.577 e. The van der Waals surface area contributed by atoms with Gasteiger partial charge in [-0.15, -0.1) is 0 Å². The number of ether oxygens (including phenoxy) is 1. The number of halogens is 13. The summed E-state index contributed by atoms with van der Waals surface area (Å²) in [6.07, 6.45) is -7.91. The maximum Gasteiger partial charge on any atom is 0.577 e. The Morgan fingerprint density at radius 3 is 1.68 bits per heavy atom. The number of rotatable bonds is 7. The fraction of sp³-hybridized carbons (Fsp3) is 0.226. The van der Waals surface area contributed by atoms with E-state index in [1.807, 2.05) is 38.1 Å². The molecular formula is C62H46BCl2F11N2O2+. The average molecular weight is 1140 g/mol. The molecule has 80 heavy (non-hydrogen) atoms. The molecule has 3 aliphatic rings. The Hall–Kier alpha value is -7.17. The van der Waals surface area contributed by atoms with Gasteiger partial charge in [0.1, 0.15) is 5.75 Å². The fourth-order valence-corrected chi connectivity index (χ4v) is 12.4. The average Bonchev–Trinajstić information content (AvgIpc) is 3.70. The van der Waals surface area contributed by atoms with Crippen LogP contribution in [0.5, 0.6) is 5.75 Å². The van der Waals surface area contributed by atoms with Gasteiger partial charge < -0.3 is 9.72 Å². The topological polar surface area (TPSA) is 56.1 Å². The zero-order valence-corrected chi connectivity index (χ0v) is 44.2. The van der Waals surface area contributed by atoms with Crippen LogP contribution in [0.15, 0.2) is 133 Å². The normalized spacial score (nSPS) is 14.9. The SMILES string of the molecule is CC.F[B]F.O=C(CCCc1ccc2c3ccc(C(F)(F)F)c4c(C(F)(F)F)ccc(c5ccc(C(F)(F)F)c1c25)c43)Oc1cc(Cl)c(/C(=C2\C=C3CCCc4ccccc4C3=[NH+]2)c2cc3c([nH]2)-c2ccccc2CCC3)c(Cl)c1. The van der Waals surface area contributed by atoms with E-state index in [1.54, 1.807) is 0 Å². The molecule has 0 saturated carbocycles. The highest BCUT2D eigenvalue weighted by atomic mass is 35.5. The van der Waals surface area contributed by atoms with E-state index in [9.17, 15) is 52.9 Å². The van der Waals surface area contributed by atoms with Gasteiger partial charge in [0.15, 0.2) is 0 Å². The minimum atomic E-state index is -5.17. The van der Waals surface area contributed by atoms with Gasteiger partial charge in [-0.05, 0) is 142 Å². The third-order valence-corrected chi connectivity index (χ3v) is 15.5. The van der Waals surface area contributed by atoms with Crippen LogP contribution in [0, 0.1) is 0 Å². The van der Waals surface area contributed by atoms with Gasteiger partial charge in [0.2, 0.25) is 11.4 Å². The molecule has 409 valence electrons. The zero-order valence-electron chi connectivity index (χ0n) is 42.7. The van der Waals surface area contributed by atoms with Crippen LogP contribution >= 0.6 is 23.2 Å². The summed E-state index contributed by atoms with van der Waals surface area (Å²) in [4.78, 5) is 21.1. The molecule has 0 atom stereocenters. The number of esters is 1. The number of aryl methyl sites for hydroxylation is 4. The van der Waals surface area contributed by atoms with Crippen molar-refractivity contribution in [1.29, 1.82) is 0 Å². The summed E-state index contributed by atoms with van der Waals surface area (Å²) in [5.74, 6) is -0.681. The van der Waals surface area contributed by atoms with Crippen molar-refractivity contribution in [3.63, 3.8) is 0 Å². The van der Waals surface area contributed by atoms with E-state index < -0.39 is 54.4 Å². The number of alkyl halides is 9. The number of nitrogens with one attached hydrogen (secondary N) is 2. The van der Waals surface area contributed by atoms with E-state index in [4.69, 9.17) is 27.9 Å². The van der Waals surface area contributed by atoms with Crippen LogP contribution in [-0.4, -0.2) is 24.5 Å². The zero-order chi connectivity index (χ0) is 57.0. The molecule has 2 N–H and O–H groups in total. The summed E-state index contributed by atoms with van der Waals surface area (Å²) in [5.41, 5.74) is 7.96. The van der Waals surface area contributed by atoms with Gasteiger partial charge in [0, 0.05) is 58.0 Å². The predicted octanol–water partition coefficient (Wildman–Crippen LogP) is 17.6. The number of hydrogen-bond acceptors (Lipinski definition) is 2. The minimum absolute atomic E-state index is 0.00354. The minimum Gasteiger partial charge on any atom is -0.426 e. The standard InChI is InChI=1S/C60H39Cl2F9N2O2.C2H6.BF2/c61-45-28-35(29-46(62)54(45)55(47-26-33-13-5-10-30-8-1-3-15-36(30)56(33)72-47)48-27-34-14-6-11-31-9-2-4-16-37(31)57(34)73-48)75-49(74)17-7-12-32-18-19-38-40-21-24-43(59(66,67)68)53-44(60(69,70)71)25-22-41(52(40)53)39-20-23-42(58(63,64)65)50(32)51(38)39;1-2;2-1-3/h1-4,8-9,15-16,18-29,72H,5-7,10-14,17H2;1-2H3;/p+1/b55-48+;;. The number of H-pyrrole nitrogens is 1. The molecule has 0 amide bonds. The molecule has 0 saturated heterocycles. The highest BCUT2D eigenvalue weighted by molar-refractivity contribution is 6.38. The van der Waals surface area contributed by atoms with E-state index in [-0.39, 0.29) is 78.3 Å². The number of carbonyl (C=O) groups excluding carboxylic acids is 1. The lowest BCUT2D eigenvalue weighted by Crippen LogP contribution is -2.68. The highest BCUT2D eigenvalue weighted by Gasteiger charge is 2.41. The number of hydrogen-bond donors (Lipinski definition) is 2. The molecule has 1 aromatic heterocycles. The van der Waals surface area contributed by atoms with E-state index in [0.717, 1.165) is 113 Å². The Labute approximate surface area is 462 Å². The van der Waals surface area contributed by atoms with Gasteiger partial charge in [-0.1, -0.05) is 110 Å². The predicted molar refractivity (Wildman–Crippen MR) is 294 cm³/mol. The van der Waals surface area contributed by atoms with Crippen molar-refractivity contribution in [3.8, 4) is 17.0 Å².